The van der Waals surface area contributed by atoms with E-state index in [-0.39, 0.29) is 87.8 Å². The summed E-state index contributed by atoms with van der Waals surface area (Å²) >= 11 is 10.6. The first-order chi connectivity index (χ1) is 28.8. The van der Waals surface area contributed by atoms with Crippen molar-refractivity contribution in [3.63, 3.8) is 0 Å². The lowest BCUT2D eigenvalue weighted by molar-refractivity contribution is -0.108. The van der Waals surface area contributed by atoms with Gasteiger partial charge in [0.1, 0.15) is 0 Å². The van der Waals surface area contributed by atoms with Crippen molar-refractivity contribution in [1.82, 2.24) is 21.3 Å². The third-order valence-corrected chi connectivity index (χ3v) is 14.5. The van der Waals surface area contributed by atoms with Crippen LogP contribution in [0.25, 0.3) is 0 Å². The van der Waals surface area contributed by atoms with E-state index in [0.29, 0.717) is 12.8 Å². The topological polar surface area (TPSA) is 328 Å². The van der Waals surface area contributed by atoms with Gasteiger partial charge in [0.05, 0.1) is 118 Å². The average Bonchev–Trinajstić information content (AvgIpc) is 3.21. The molecule has 0 saturated carbocycles. The van der Waals surface area contributed by atoms with Crippen LogP contribution in [-0.4, -0.2) is 181 Å². The highest BCUT2D eigenvalue weighted by molar-refractivity contribution is 14.1. The number of carbonyl (C=O) groups is 6. The first kappa shape index (κ1) is 56.4. The summed E-state index contributed by atoms with van der Waals surface area (Å²) in [5.41, 5.74) is -0.445. The molecule has 6 amide bonds. The Balaban J connectivity index is 2.74. The smallest absolute Gasteiger partial charge is 0.253 e. The molecular weight excluding hydrogens is 1490 g/mol. The van der Waals surface area contributed by atoms with Crippen LogP contribution in [0.15, 0.2) is 0 Å². The van der Waals surface area contributed by atoms with Crippen LogP contribution in [0.1, 0.15) is 41.4 Å². The van der Waals surface area contributed by atoms with Crippen LogP contribution in [-0.2, 0) is 14.3 Å². The van der Waals surface area contributed by atoms with Gasteiger partial charge in [-0.05, 0) is 136 Å². The fourth-order valence-corrected chi connectivity index (χ4v) is 14.7. The van der Waals surface area contributed by atoms with Gasteiger partial charge < -0.3 is 76.7 Å². The Labute approximate surface area is 430 Å². The number of nitrogens with zero attached hydrogens (tertiary/aromatic N) is 2. The lowest BCUT2D eigenvalue weighted by Crippen LogP contribution is -2.42. The van der Waals surface area contributed by atoms with Gasteiger partial charge in [0.15, 0.2) is 0 Å². The van der Waals surface area contributed by atoms with Crippen molar-refractivity contribution in [3.05, 3.63) is 43.7 Å². The van der Waals surface area contributed by atoms with Crippen molar-refractivity contribution >= 4 is 183 Å². The molecular formula is C34H42I6N6O15. The number of carbonyl (C=O) groups excluding carboxylic acids is 6. The highest BCUT2D eigenvalue weighted by Gasteiger charge is 2.34. The maximum Gasteiger partial charge on any atom is 0.253 e. The van der Waals surface area contributed by atoms with Crippen molar-refractivity contribution in [2.45, 2.75) is 30.5 Å². The first-order valence-electron chi connectivity index (χ1n) is 17.5. The monoisotopic (exact) mass is 1540 g/mol. The maximum absolute atomic E-state index is 13.7. The van der Waals surface area contributed by atoms with E-state index >= 15 is 0 Å². The quantitative estimate of drug-likeness (QED) is 0.0389. The Hall–Kier alpha value is -0.720. The molecule has 0 saturated heterocycles. The van der Waals surface area contributed by atoms with Crippen LogP contribution >= 0.6 is 136 Å². The first-order valence-corrected chi connectivity index (χ1v) is 23.9. The van der Waals surface area contributed by atoms with Gasteiger partial charge in [0, 0.05) is 40.4 Å². The fraction of sp³-hybridized carbons (Fsp3) is 0.471. The second kappa shape index (κ2) is 27.7. The number of hydrogen-bond donors (Lipinski definition) is 12. The molecule has 0 aliphatic carbocycles. The van der Waals surface area contributed by atoms with Crippen LogP contribution in [0, 0.1) is 21.4 Å². The number of aliphatic hydroxyl groups excluding tert-OH is 8. The molecule has 0 spiro atoms. The summed E-state index contributed by atoms with van der Waals surface area (Å²) < 4.78 is 5.66. The van der Waals surface area contributed by atoms with Gasteiger partial charge in [-0.25, -0.2) is 0 Å². The number of ether oxygens (including phenoxy) is 1. The van der Waals surface area contributed by atoms with Crippen molar-refractivity contribution < 1.29 is 74.4 Å². The number of hydrogen-bond acceptors (Lipinski definition) is 15. The van der Waals surface area contributed by atoms with E-state index in [1.807, 2.05) is 0 Å². The van der Waals surface area contributed by atoms with Crippen LogP contribution in [0.3, 0.4) is 0 Å². The number of rotatable bonds is 25. The fourth-order valence-electron chi connectivity index (χ4n) is 5.13. The molecule has 0 bridgehead atoms. The van der Waals surface area contributed by atoms with Crippen LogP contribution in [0.2, 0.25) is 0 Å². The maximum atomic E-state index is 13.7. The highest BCUT2D eigenvalue weighted by Crippen LogP contribution is 2.39. The van der Waals surface area contributed by atoms with E-state index in [1.165, 1.54) is 7.11 Å². The molecule has 5 atom stereocenters. The molecule has 5 unspecified atom stereocenters. The number of nitrogens with one attached hydrogen (secondary N) is 4. The van der Waals surface area contributed by atoms with Crippen LogP contribution < -0.4 is 31.1 Å². The number of methoxy groups -OCH3 is 1. The average molecular weight is 1540 g/mol. The van der Waals surface area contributed by atoms with Crippen molar-refractivity contribution in [2.75, 3.05) is 82.6 Å². The Morgan fingerprint density at radius 2 is 0.770 bits per heavy atom. The van der Waals surface area contributed by atoms with E-state index in [2.05, 4.69) is 21.3 Å². The Morgan fingerprint density at radius 3 is 1.00 bits per heavy atom. The minimum absolute atomic E-state index is 0.00441. The normalized spacial score (nSPS) is 13.6. The summed E-state index contributed by atoms with van der Waals surface area (Å²) in [5.74, 6) is -3.14. The van der Waals surface area contributed by atoms with Crippen molar-refractivity contribution in [2.24, 2.45) is 0 Å². The molecule has 0 fully saturated rings. The molecule has 0 radical (unpaired) electrons. The minimum atomic E-state index is -1.60. The van der Waals surface area contributed by atoms with Gasteiger partial charge >= 0.3 is 0 Å². The van der Waals surface area contributed by atoms with Gasteiger partial charge in [-0.15, -0.1) is 0 Å². The van der Waals surface area contributed by atoms with Crippen LogP contribution in [0.4, 0.5) is 11.4 Å². The number of halogens is 6. The van der Waals surface area contributed by atoms with Gasteiger partial charge in [0.25, 0.3) is 23.6 Å². The zero-order valence-corrected chi connectivity index (χ0v) is 44.7. The molecule has 0 aromatic heterocycles. The summed E-state index contributed by atoms with van der Waals surface area (Å²) in [7, 11) is 1.36. The summed E-state index contributed by atoms with van der Waals surface area (Å²) in [6.07, 6.45) is -6.01. The molecule has 2 aromatic carbocycles. The second-order valence-electron chi connectivity index (χ2n) is 12.7. The number of amides is 6. The third-order valence-electron chi connectivity index (χ3n) is 8.12. The van der Waals surface area contributed by atoms with E-state index in [0.717, 1.165) is 9.80 Å². The lowest BCUT2D eigenvalue weighted by Gasteiger charge is -2.30. The molecule has 0 aliphatic rings. The lowest BCUT2D eigenvalue weighted by atomic mass is 10.1. The molecule has 0 heterocycles. The summed E-state index contributed by atoms with van der Waals surface area (Å²) in [4.78, 5) is 82.0. The summed E-state index contributed by atoms with van der Waals surface area (Å²) in [6, 6.07) is 0. The molecule has 21 nitrogen and oxygen atoms in total. The second-order valence-corrected chi connectivity index (χ2v) is 19.2. The SMILES string of the molecule is COCC(O)CNC(=O)c1c(I)c(C(=O)NCC(O)CO)c(I)c(N(C=O)CC(O)CN(C=O)c2c(I)c(C(=O)NCC(O)CO)c(I)c(C(=O)NCC(O)CO)c2I)c1I. The Kier molecular flexibility index (Phi) is 25.6. The summed E-state index contributed by atoms with van der Waals surface area (Å²) in [5, 5.41) is 89.1. The van der Waals surface area contributed by atoms with E-state index in [9.17, 15) is 69.6 Å². The Bertz CT molecular complexity index is 1860. The molecule has 0 aliphatic heterocycles. The summed E-state index contributed by atoms with van der Waals surface area (Å²) in [6.45, 7) is -4.61. The minimum Gasteiger partial charge on any atom is -0.394 e. The molecule has 340 valence electrons. The standard InChI is InChI=1S/C34H42I6N6O15/c1-61-11-17(55)5-44-34(60)22-24(36)21(33(59)43-4-16(54)10-49)27(39)30(28(22)40)46(13-51)7-18(56)6-45(12-50)29-25(37)19(31(57)41-2-14(52)8-47)23(35)20(26(29)38)32(58)42-3-15(53)9-48/h12-18,47-49,52-56H,2-11H2,1H3,(H,41,57)(H,42,58)(H,43,59)(H,44,60). The van der Waals surface area contributed by atoms with Crippen LogP contribution in [0.5, 0.6) is 0 Å². The third kappa shape index (κ3) is 15.4. The predicted molar refractivity (Wildman–Crippen MR) is 269 cm³/mol. The van der Waals surface area contributed by atoms with Gasteiger partial charge in [-0.1, -0.05) is 0 Å². The molecule has 61 heavy (non-hydrogen) atoms. The van der Waals surface area contributed by atoms with E-state index in [4.69, 9.17) is 4.74 Å². The molecule has 2 aromatic rings. The largest absolute Gasteiger partial charge is 0.394 e. The number of anilines is 2. The zero-order valence-electron chi connectivity index (χ0n) is 31.7. The molecule has 27 heteroatoms. The Morgan fingerprint density at radius 1 is 0.508 bits per heavy atom. The highest BCUT2D eigenvalue weighted by atomic mass is 127. The number of benzene rings is 2. The van der Waals surface area contributed by atoms with E-state index < -0.39 is 87.1 Å². The van der Waals surface area contributed by atoms with Crippen molar-refractivity contribution in [3.8, 4) is 0 Å². The molecule has 2 rings (SSSR count). The van der Waals surface area contributed by atoms with E-state index in [1.54, 1.807) is 136 Å². The zero-order chi connectivity index (χ0) is 46.3. The van der Waals surface area contributed by atoms with Gasteiger partial charge in [0.2, 0.25) is 12.8 Å². The molecule has 12 N–H and O–H groups in total. The predicted octanol–water partition coefficient (Wildman–Crippen LogP) is -1.71. The van der Waals surface area contributed by atoms with Crippen molar-refractivity contribution in [1.29, 1.82) is 0 Å². The van der Waals surface area contributed by atoms with Gasteiger partial charge in [-0.2, -0.15) is 0 Å². The number of aliphatic hydroxyl groups is 8. The van der Waals surface area contributed by atoms with Gasteiger partial charge in [-0.3, -0.25) is 28.8 Å².